The average Bonchev–Trinajstić information content (AvgIpc) is 2.22. The molecule has 4 nitrogen and oxygen atoms in total. The minimum Gasteiger partial charge on any atom is -0.299 e. The summed E-state index contributed by atoms with van der Waals surface area (Å²) in [5.41, 5.74) is -0.237. The number of Topliss-reactive ketones (excluding diaryl/α,β-unsaturated/α-hetero) is 1. The van der Waals surface area contributed by atoms with Crippen molar-refractivity contribution < 1.29 is 17.8 Å². The van der Waals surface area contributed by atoms with E-state index >= 15 is 0 Å². The monoisotopic (exact) mass is 272 g/mol. The maximum atomic E-state index is 12.4. The fourth-order valence-electron chi connectivity index (χ4n) is 4.94. The van der Waals surface area contributed by atoms with E-state index in [0.29, 0.717) is 17.8 Å². The highest BCUT2D eigenvalue weighted by Gasteiger charge is 2.53. The van der Waals surface area contributed by atoms with Crippen LogP contribution in [0.15, 0.2) is 0 Å². The molecular formula is C13H20O4S. The molecular weight excluding hydrogens is 252 g/mol. The number of ketones is 1. The number of hydrogen-bond donors (Lipinski definition) is 1. The van der Waals surface area contributed by atoms with Gasteiger partial charge in [-0.2, -0.15) is 8.42 Å². The van der Waals surface area contributed by atoms with Crippen molar-refractivity contribution in [2.45, 2.75) is 44.9 Å². The summed E-state index contributed by atoms with van der Waals surface area (Å²) in [4.78, 5) is 12.4. The molecule has 5 heteroatoms. The molecule has 102 valence electrons. The molecule has 0 spiro atoms. The molecule has 0 aliphatic heterocycles. The second-order valence-electron chi connectivity index (χ2n) is 6.66. The van der Waals surface area contributed by atoms with Crippen LogP contribution in [0.4, 0.5) is 0 Å². The Bertz CT molecular complexity index is 430. The predicted molar refractivity (Wildman–Crippen MR) is 66.6 cm³/mol. The third-order valence-electron chi connectivity index (χ3n) is 5.22. The van der Waals surface area contributed by atoms with Crippen LogP contribution < -0.4 is 0 Å². The van der Waals surface area contributed by atoms with Crippen LogP contribution in [-0.4, -0.2) is 24.5 Å². The number of rotatable bonds is 4. The fraction of sp³-hybridized carbons (Fsp3) is 0.923. The SMILES string of the molecule is O=C(CCS(=O)(=O)O)C12CC3CC(CC(C3)C1)C2. The van der Waals surface area contributed by atoms with Crippen molar-refractivity contribution in [1.29, 1.82) is 0 Å². The molecule has 4 aliphatic rings. The molecule has 0 aromatic rings. The summed E-state index contributed by atoms with van der Waals surface area (Å²) in [7, 11) is -4.01. The molecule has 0 saturated heterocycles. The molecule has 0 aromatic carbocycles. The van der Waals surface area contributed by atoms with E-state index < -0.39 is 15.9 Å². The molecule has 18 heavy (non-hydrogen) atoms. The van der Waals surface area contributed by atoms with Gasteiger partial charge in [0.1, 0.15) is 5.78 Å². The lowest BCUT2D eigenvalue weighted by Crippen LogP contribution is -2.50. The first-order valence-corrected chi connectivity index (χ1v) is 8.46. The van der Waals surface area contributed by atoms with Gasteiger partial charge in [-0.25, -0.2) is 0 Å². The molecule has 0 atom stereocenters. The van der Waals surface area contributed by atoms with Gasteiger partial charge >= 0.3 is 0 Å². The summed E-state index contributed by atoms with van der Waals surface area (Å²) in [6.45, 7) is 0. The van der Waals surface area contributed by atoms with Crippen LogP contribution in [0, 0.1) is 23.2 Å². The van der Waals surface area contributed by atoms with Crippen molar-refractivity contribution >= 4 is 15.9 Å². The minimum atomic E-state index is -4.01. The maximum absolute atomic E-state index is 12.4. The van der Waals surface area contributed by atoms with Crippen LogP contribution in [0.5, 0.6) is 0 Å². The lowest BCUT2D eigenvalue weighted by Gasteiger charge is -2.56. The number of carbonyl (C=O) groups is 1. The summed E-state index contributed by atoms with van der Waals surface area (Å²) >= 11 is 0. The number of carbonyl (C=O) groups excluding carboxylic acids is 1. The summed E-state index contributed by atoms with van der Waals surface area (Å²) in [6.07, 6.45) is 6.68. The van der Waals surface area contributed by atoms with Gasteiger partial charge in [-0.15, -0.1) is 0 Å². The van der Waals surface area contributed by atoms with Crippen LogP contribution in [0.1, 0.15) is 44.9 Å². The van der Waals surface area contributed by atoms with Gasteiger partial charge in [0.05, 0.1) is 5.75 Å². The molecule has 4 fully saturated rings. The maximum Gasteiger partial charge on any atom is 0.265 e. The average molecular weight is 272 g/mol. The van der Waals surface area contributed by atoms with E-state index in [2.05, 4.69) is 0 Å². The molecule has 0 amide bonds. The van der Waals surface area contributed by atoms with Crippen molar-refractivity contribution in [2.75, 3.05) is 5.75 Å². The predicted octanol–water partition coefficient (Wildman–Crippen LogP) is 2.05. The highest BCUT2D eigenvalue weighted by atomic mass is 32.2. The van der Waals surface area contributed by atoms with Crippen molar-refractivity contribution in [3.05, 3.63) is 0 Å². The number of hydrogen-bond acceptors (Lipinski definition) is 3. The first kappa shape index (κ1) is 12.6. The third-order valence-corrected chi connectivity index (χ3v) is 5.94. The molecule has 1 N–H and O–H groups in total. The molecule has 4 bridgehead atoms. The van der Waals surface area contributed by atoms with Crippen molar-refractivity contribution in [1.82, 2.24) is 0 Å². The molecule has 0 unspecified atom stereocenters. The van der Waals surface area contributed by atoms with Crippen LogP contribution >= 0.6 is 0 Å². The van der Waals surface area contributed by atoms with Gasteiger partial charge in [0.25, 0.3) is 10.1 Å². The van der Waals surface area contributed by atoms with Gasteiger partial charge in [-0.05, 0) is 56.3 Å². The van der Waals surface area contributed by atoms with E-state index in [0.717, 1.165) is 19.3 Å². The van der Waals surface area contributed by atoms with Gasteiger partial charge in [-0.1, -0.05) is 0 Å². The Labute approximate surface area is 108 Å². The second-order valence-corrected chi connectivity index (χ2v) is 8.23. The van der Waals surface area contributed by atoms with E-state index in [1.807, 2.05) is 0 Å². The van der Waals surface area contributed by atoms with E-state index in [1.54, 1.807) is 0 Å². The summed E-state index contributed by atoms with van der Waals surface area (Å²) in [6, 6.07) is 0. The zero-order valence-corrected chi connectivity index (χ0v) is 11.3. The Morgan fingerprint density at radius 1 is 1.06 bits per heavy atom. The Morgan fingerprint density at radius 2 is 1.50 bits per heavy atom. The third kappa shape index (κ3) is 2.23. The van der Waals surface area contributed by atoms with Crippen molar-refractivity contribution in [2.24, 2.45) is 23.2 Å². The van der Waals surface area contributed by atoms with Gasteiger partial charge in [-0.3, -0.25) is 9.35 Å². The Balaban J connectivity index is 1.73. The van der Waals surface area contributed by atoms with Crippen LogP contribution in [0.2, 0.25) is 0 Å². The standard InChI is InChI=1S/C13H20O4S/c14-12(1-2-18(15,16)17)13-6-9-3-10(7-13)5-11(4-9)8-13/h9-11H,1-8H2,(H,15,16,17). The quantitative estimate of drug-likeness (QED) is 0.795. The van der Waals surface area contributed by atoms with Gasteiger partial charge in [0.15, 0.2) is 0 Å². The fourth-order valence-corrected chi connectivity index (χ4v) is 5.38. The van der Waals surface area contributed by atoms with E-state index in [9.17, 15) is 13.2 Å². The first-order chi connectivity index (χ1) is 8.36. The highest BCUT2D eigenvalue weighted by Crippen LogP contribution is 2.60. The minimum absolute atomic E-state index is 0.00894. The zero-order valence-electron chi connectivity index (χ0n) is 10.5. The lowest BCUT2D eigenvalue weighted by atomic mass is 9.48. The summed E-state index contributed by atoms with van der Waals surface area (Å²) in [5.74, 6) is 1.73. The normalized spacial score (nSPS) is 42.2. The lowest BCUT2D eigenvalue weighted by molar-refractivity contribution is -0.143. The van der Waals surface area contributed by atoms with Crippen LogP contribution in [0.25, 0.3) is 0 Å². The summed E-state index contributed by atoms with van der Waals surface area (Å²) < 4.78 is 30.3. The van der Waals surface area contributed by atoms with Crippen molar-refractivity contribution in [3.8, 4) is 0 Å². The Morgan fingerprint density at radius 3 is 1.89 bits per heavy atom. The highest BCUT2D eigenvalue weighted by molar-refractivity contribution is 7.85. The molecule has 0 heterocycles. The van der Waals surface area contributed by atoms with Crippen LogP contribution in [-0.2, 0) is 14.9 Å². The largest absolute Gasteiger partial charge is 0.299 e. The Kier molecular flexibility index (Phi) is 2.83. The zero-order chi connectivity index (χ0) is 13.0. The molecule has 0 radical (unpaired) electrons. The molecule has 4 aliphatic carbocycles. The topological polar surface area (TPSA) is 71.4 Å². The van der Waals surface area contributed by atoms with E-state index in [-0.39, 0.29) is 17.6 Å². The van der Waals surface area contributed by atoms with Gasteiger partial charge < -0.3 is 0 Å². The molecule has 4 saturated carbocycles. The smallest absolute Gasteiger partial charge is 0.265 e. The van der Waals surface area contributed by atoms with Gasteiger partial charge in [0.2, 0.25) is 0 Å². The van der Waals surface area contributed by atoms with E-state index in [1.165, 1.54) is 19.3 Å². The summed E-state index contributed by atoms with van der Waals surface area (Å²) in [5, 5.41) is 0. The van der Waals surface area contributed by atoms with Gasteiger partial charge in [0, 0.05) is 11.8 Å². The van der Waals surface area contributed by atoms with E-state index in [4.69, 9.17) is 4.55 Å². The Hall–Kier alpha value is -0.420. The first-order valence-electron chi connectivity index (χ1n) is 6.85. The molecule has 0 aromatic heterocycles. The molecule has 4 rings (SSSR count). The second kappa shape index (κ2) is 4.04. The van der Waals surface area contributed by atoms with Crippen molar-refractivity contribution in [3.63, 3.8) is 0 Å². The van der Waals surface area contributed by atoms with Crippen LogP contribution in [0.3, 0.4) is 0 Å².